The van der Waals surface area contributed by atoms with Gasteiger partial charge in [0.2, 0.25) is 10.0 Å². The van der Waals surface area contributed by atoms with Gasteiger partial charge in [0.05, 0.1) is 5.75 Å². The number of hydrogen-bond acceptors (Lipinski definition) is 3. The summed E-state index contributed by atoms with van der Waals surface area (Å²) < 4.78 is 61.0. The number of ketones is 1. The predicted octanol–water partition coefficient (Wildman–Crippen LogP) is 1.76. The zero-order chi connectivity index (χ0) is 13.8. The lowest BCUT2D eigenvalue weighted by Gasteiger charge is -2.22. The molecule has 8 heteroatoms. The van der Waals surface area contributed by atoms with E-state index in [-0.39, 0.29) is 11.8 Å². The second-order valence-corrected chi connectivity index (χ2v) is 6.34. The first-order chi connectivity index (χ1) is 8.18. The molecular formula is C10H16F3NO3S. The molecule has 0 unspecified atom stereocenters. The molecule has 0 aromatic rings. The Morgan fingerprint density at radius 2 is 1.78 bits per heavy atom. The average Bonchev–Trinajstić information content (AvgIpc) is 2.18. The molecule has 0 radical (unpaired) electrons. The van der Waals surface area contributed by atoms with Crippen LogP contribution in [0.4, 0.5) is 13.2 Å². The summed E-state index contributed by atoms with van der Waals surface area (Å²) in [5.74, 6) is -0.431. The highest BCUT2D eigenvalue weighted by Gasteiger charge is 2.28. The van der Waals surface area contributed by atoms with Crippen LogP contribution in [0.1, 0.15) is 38.5 Å². The number of sulfonamides is 1. The summed E-state index contributed by atoms with van der Waals surface area (Å²) in [6.45, 7) is 0. The number of rotatable bonds is 5. The molecule has 4 nitrogen and oxygen atoms in total. The highest BCUT2D eigenvalue weighted by molar-refractivity contribution is 7.89. The van der Waals surface area contributed by atoms with Crippen LogP contribution in [0.15, 0.2) is 0 Å². The summed E-state index contributed by atoms with van der Waals surface area (Å²) in [7, 11) is -3.68. The second-order valence-electron chi connectivity index (χ2n) is 4.47. The molecule has 0 saturated heterocycles. The third-order valence-corrected chi connectivity index (χ3v) is 4.28. The Hall–Kier alpha value is -0.630. The fourth-order valence-corrected chi connectivity index (χ4v) is 3.22. The van der Waals surface area contributed by atoms with Crippen molar-refractivity contribution in [2.45, 2.75) is 50.7 Å². The lowest BCUT2D eigenvalue weighted by atomic mass is 9.95. The molecule has 0 aromatic carbocycles. The summed E-state index contributed by atoms with van der Waals surface area (Å²) in [6.07, 6.45) is -4.35. The fraction of sp³-hybridized carbons (Fsp3) is 0.900. The van der Waals surface area contributed by atoms with Gasteiger partial charge in [0.1, 0.15) is 5.78 Å². The van der Waals surface area contributed by atoms with E-state index in [4.69, 9.17) is 0 Å². The molecule has 0 atom stereocenters. The summed E-state index contributed by atoms with van der Waals surface area (Å²) >= 11 is 0. The SMILES string of the molecule is O=C1CCC(NS(=O)(=O)CCCC(F)(F)F)CC1. The molecule has 0 aromatic heterocycles. The Labute approximate surface area is 104 Å². The van der Waals surface area contributed by atoms with Gasteiger partial charge in [-0.3, -0.25) is 4.79 Å². The van der Waals surface area contributed by atoms with E-state index in [1.807, 2.05) is 0 Å². The Balaban J connectivity index is 2.33. The third-order valence-electron chi connectivity index (χ3n) is 2.76. The van der Waals surface area contributed by atoms with Crippen molar-refractivity contribution in [3.8, 4) is 0 Å². The largest absolute Gasteiger partial charge is 0.389 e. The van der Waals surface area contributed by atoms with Crippen LogP contribution in [-0.2, 0) is 14.8 Å². The van der Waals surface area contributed by atoms with Crippen LogP contribution in [0.3, 0.4) is 0 Å². The minimum Gasteiger partial charge on any atom is -0.300 e. The minimum atomic E-state index is -4.33. The van der Waals surface area contributed by atoms with Gasteiger partial charge in [0, 0.05) is 25.3 Å². The van der Waals surface area contributed by atoms with Gasteiger partial charge in [0.25, 0.3) is 0 Å². The van der Waals surface area contributed by atoms with Crippen LogP contribution in [0.25, 0.3) is 0 Å². The normalized spacial score (nSPS) is 19.2. The molecular weight excluding hydrogens is 271 g/mol. The highest BCUT2D eigenvalue weighted by atomic mass is 32.2. The van der Waals surface area contributed by atoms with Gasteiger partial charge >= 0.3 is 6.18 Å². The summed E-state index contributed by atoms with van der Waals surface area (Å²) in [4.78, 5) is 11.0. The lowest BCUT2D eigenvalue weighted by molar-refractivity contribution is -0.134. The Kier molecular flexibility index (Phi) is 5.15. The maximum absolute atomic E-state index is 11.9. The van der Waals surface area contributed by atoms with Crippen LogP contribution in [0, 0.1) is 0 Å². The molecule has 0 amide bonds. The maximum Gasteiger partial charge on any atom is 0.389 e. The number of Topliss-reactive ketones (excluding diaryl/α,β-unsaturated/α-hetero) is 1. The van der Waals surface area contributed by atoms with Crippen LogP contribution in [0.2, 0.25) is 0 Å². The minimum absolute atomic E-state index is 0.0996. The van der Waals surface area contributed by atoms with Gasteiger partial charge in [-0.1, -0.05) is 0 Å². The van der Waals surface area contributed by atoms with E-state index in [0.717, 1.165) is 0 Å². The Bertz CT molecular complexity index is 382. The van der Waals surface area contributed by atoms with Crippen LogP contribution in [0.5, 0.6) is 0 Å². The van der Waals surface area contributed by atoms with E-state index in [0.29, 0.717) is 25.7 Å². The number of hydrogen-bond donors (Lipinski definition) is 1. The van der Waals surface area contributed by atoms with Gasteiger partial charge in [-0.15, -0.1) is 0 Å². The van der Waals surface area contributed by atoms with E-state index < -0.39 is 34.8 Å². The van der Waals surface area contributed by atoms with Crippen molar-refractivity contribution in [2.75, 3.05) is 5.75 Å². The molecule has 1 aliphatic rings. The molecule has 1 rings (SSSR count). The van der Waals surface area contributed by atoms with E-state index in [9.17, 15) is 26.4 Å². The molecule has 0 bridgehead atoms. The van der Waals surface area contributed by atoms with Crippen molar-refractivity contribution in [1.29, 1.82) is 0 Å². The molecule has 18 heavy (non-hydrogen) atoms. The Morgan fingerprint density at radius 3 is 2.28 bits per heavy atom. The number of carbonyl (C=O) groups is 1. The molecule has 1 aliphatic carbocycles. The lowest BCUT2D eigenvalue weighted by Crippen LogP contribution is -2.39. The zero-order valence-electron chi connectivity index (χ0n) is 9.79. The topological polar surface area (TPSA) is 63.2 Å². The van der Waals surface area contributed by atoms with Crippen molar-refractivity contribution in [3.63, 3.8) is 0 Å². The van der Waals surface area contributed by atoms with Gasteiger partial charge in [-0.2, -0.15) is 13.2 Å². The van der Waals surface area contributed by atoms with Gasteiger partial charge in [-0.05, 0) is 19.3 Å². The quantitative estimate of drug-likeness (QED) is 0.838. The Morgan fingerprint density at radius 1 is 1.22 bits per heavy atom. The molecule has 1 fully saturated rings. The first kappa shape index (κ1) is 15.4. The predicted molar refractivity (Wildman–Crippen MR) is 59.5 cm³/mol. The number of nitrogens with one attached hydrogen (secondary N) is 1. The van der Waals surface area contributed by atoms with Crippen LogP contribution >= 0.6 is 0 Å². The maximum atomic E-state index is 11.9. The molecule has 106 valence electrons. The molecule has 1 N–H and O–H groups in total. The smallest absolute Gasteiger partial charge is 0.300 e. The highest BCUT2D eigenvalue weighted by Crippen LogP contribution is 2.22. The van der Waals surface area contributed by atoms with Crippen molar-refractivity contribution in [3.05, 3.63) is 0 Å². The molecule has 1 saturated carbocycles. The van der Waals surface area contributed by atoms with E-state index in [2.05, 4.69) is 4.72 Å². The standard InChI is InChI=1S/C10H16F3NO3S/c11-10(12,13)6-1-7-18(16,17)14-8-2-4-9(15)5-3-8/h8,14H,1-7H2. The van der Waals surface area contributed by atoms with Crippen LogP contribution in [-0.4, -0.2) is 32.2 Å². The van der Waals surface area contributed by atoms with Crippen molar-refractivity contribution in [1.82, 2.24) is 4.72 Å². The first-order valence-corrected chi connectivity index (χ1v) is 7.42. The third kappa shape index (κ3) is 6.34. The first-order valence-electron chi connectivity index (χ1n) is 5.76. The number of alkyl halides is 3. The van der Waals surface area contributed by atoms with E-state index in [1.54, 1.807) is 0 Å². The molecule has 0 spiro atoms. The zero-order valence-corrected chi connectivity index (χ0v) is 10.6. The summed E-state index contributed by atoms with van der Waals surface area (Å²) in [5, 5.41) is 0. The van der Waals surface area contributed by atoms with Crippen molar-refractivity contribution < 1.29 is 26.4 Å². The number of halogens is 3. The van der Waals surface area contributed by atoms with E-state index >= 15 is 0 Å². The fourth-order valence-electron chi connectivity index (χ4n) is 1.83. The van der Waals surface area contributed by atoms with Crippen molar-refractivity contribution in [2.24, 2.45) is 0 Å². The van der Waals surface area contributed by atoms with E-state index in [1.165, 1.54) is 0 Å². The monoisotopic (exact) mass is 287 g/mol. The van der Waals surface area contributed by atoms with Gasteiger partial charge in [-0.25, -0.2) is 13.1 Å². The van der Waals surface area contributed by atoms with Crippen LogP contribution < -0.4 is 4.72 Å². The molecule has 0 heterocycles. The second kappa shape index (κ2) is 6.01. The summed E-state index contributed by atoms with van der Waals surface area (Å²) in [5.41, 5.74) is 0. The number of carbonyl (C=O) groups excluding carboxylic acids is 1. The van der Waals surface area contributed by atoms with Crippen molar-refractivity contribution >= 4 is 15.8 Å². The summed E-state index contributed by atoms with van der Waals surface area (Å²) in [6, 6.07) is -0.321. The van der Waals surface area contributed by atoms with Gasteiger partial charge in [0.15, 0.2) is 0 Å². The average molecular weight is 287 g/mol. The van der Waals surface area contributed by atoms with Gasteiger partial charge < -0.3 is 0 Å². The molecule has 0 aliphatic heterocycles.